The summed E-state index contributed by atoms with van der Waals surface area (Å²) in [6, 6.07) is 0. The maximum absolute atomic E-state index is 5.33. The van der Waals surface area contributed by atoms with Gasteiger partial charge in [0.25, 0.3) is 0 Å². The van der Waals surface area contributed by atoms with Gasteiger partial charge in [-0.2, -0.15) is 11.8 Å². The molecule has 0 amide bonds. The lowest BCUT2D eigenvalue weighted by Gasteiger charge is -1.96. The summed E-state index contributed by atoms with van der Waals surface area (Å²) in [6.07, 6.45) is 4.87. The summed E-state index contributed by atoms with van der Waals surface area (Å²) < 4.78 is 1.77. The molecule has 5 heteroatoms. The van der Waals surface area contributed by atoms with Crippen LogP contribution < -0.4 is 5.73 Å². The standard InChI is InChI=1S/C6H12N4S/c1-11-4-2-3-10-5-8-6(7)9-10/h5H,2-4H2,1H3,(H2,7,9). The van der Waals surface area contributed by atoms with Gasteiger partial charge in [0.2, 0.25) is 5.95 Å². The van der Waals surface area contributed by atoms with Crippen molar-refractivity contribution in [1.82, 2.24) is 14.8 Å². The third-order valence-electron chi connectivity index (χ3n) is 1.29. The van der Waals surface area contributed by atoms with Crippen LogP contribution in [0.2, 0.25) is 0 Å². The lowest BCUT2D eigenvalue weighted by atomic mass is 10.5. The van der Waals surface area contributed by atoms with Gasteiger partial charge < -0.3 is 5.73 Å². The first-order chi connectivity index (χ1) is 5.33. The molecule has 4 nitrogen and oxygen atoms in total. The molecule has 0 aliphatic rings. The number of hydrogen-bond donors (Lipinski definition) is 1. The Hall–Kier alpha value is -0.710. The molecule has 0 unspecified atom stereocenters. The Morgan fingerprint density at radius 3 is 3.09 bits per heavy atom. The third kappa shape index (κ3) is 2.80. The van der Waals surface area contributed by atoms with Gasteiger partial charge in [0.05, 0.1) is 0 Å². The van der Waals surface area contributed by atoms with Crippen LogP contribution >= 0.6 is 11.8 Å². The van der Waals surface area contributed by atoms with E-state index in [0.29, 0.717) is 5.95 Å². The fourth-order valence-corrected chi connectivity index (χ4v) is 1.21. The Morgan fingerprint density at radius 2 is 2.55 bits per heavy atom. The minimum atomic E-state index is 0.356. The molecule has 0 atom stereocenters. The maximum atomic E-state index is 5.33. The van der Waals surface area contributed by atoms with Crippen LogP contribution in [0.4, 0.5) is 5.95 Å². The summed E-state index contributed by atoms with van der Waals surface area (Å²) in [7, 11) is 0. The van der Waals surface area contributed by atoms with Gasteiger partial charge in [-0.15, -0.1) is 5.10 Å². The number of nitrogen functional groups attached to an aromatic ring is 1. The normalized spacial score (nSPS) is 10.3. The molecule has 0 spiro atoms. The van der Waals surface area contributed by atoms with E-state index in [1.54, 1.807) is 11.0 Å². The molecule has 1 heterocycles. The number of thioether (sulfide) groups is 1. The van der Waals surface area contributed by atoms with Crippen molar-refractivity contribution in [3.8, 4) is 0 Å². The van der Waals surface area contributed by atoms with Gasteiger partial charge in [-0.1, -0.05) is 0 Å². The van der Waals surface area contributed by atoms with Crippen LogP contribution in [0.3, 0.4) is 0 Å². The zero-order chi connectivity index (χ0) is 8.10. The van der Waals surface area contributed by atoms with Crippen molar-refractivity contribution in [1.29, 1.82) is 0 Å². The molecule has 11 heavy (non-hydrogen) atoms. The number of rotatable bonds is 4. The fourth-order valence-electron chi connectivity index (χ4n) is 0.788. The SMILES string of the molecule is CSCCCn1cnc(N)n1. The molecule has 0 fully saturated rings. The van der Waals surface area contributed by atoms with Crippen LogP contribution in [0.15, 0.2) is 6.33 Å². The smallest absolute Gasteiger partial charge is 0.239 e. The number of anilines is 1. The Kier molecular flexibility index (Phi) is 3.22. The predicted molar refractivity (Wildman–Crippen MR) is 47.4 cm³/mol. The van der Waals surface area contributed by atoms with Crippen molar-refractivity contribution in [2.75, 3.05) is 17.7 Å². The monoisotopic (exact) mass is 172 g/mol. The second kappa shape index (κ2) is 4.23. The predicted octanol–water partition coefficient (Wildman–Crippen LogP) is 0.613. The van der Waals surface area contributed by atoms with Crippen LogP contribution in [0.5, 0.6) is 0 Å². The van der Waals surface area contributed by atoms with Gasteiger partial charge in [-0.3, -0.25) is 4.68 Å². The molecule has 0 saturated heterocycles. The Morgan fingerprint density at radius 1 is 1.73 bits per heavy atom. The average molecular weight is 172 g/mol. The van der Waals surface area contributed by atoms with Crippen LogP contribution in [-0.2, 0) is 6.54 Å². The topological polar surface area (TPSA) is 56.7 Å². The van der Waals surface area contributed by atoms with Gasteiger partial charge in [0, 0.05) is 6.54 Å². The van der Waals surface area contributed by atoms with Gasteiger partial charge in [-0.05, 0) is 18.4 Å². The number of nitrogens with two attached hydrogens (primary N) is 1. The molecule has 1 aromatic heterocycles. The maximum Gasteiger partial charge on any atom is 0.239 e. The molecule has 62 valence electrons. The van der Waals surface area contributed by atoms with E-state index in [-0.39, 0.29) is 0 Å². The Labute approximate surface area is 70.2 Å². The van der Waals surface area contributed by atoms with Crippen LogP contribution in [0, 0.1) is 0 Å². The zero-order valence-corrected chi connectivity index (χ0v) is 7.34. The molecule has 0 aliphatic carbocycles. The van der Waals surface area contributed by atoms with E-state index in [0.717, 1.165) is 18.7 Å². The Balaban J connectivity index is 2.27. The number of aryl methyl sites for hydroxylation is 1. The van der Waals surface area contributed by atoms with Gasteiger partial charge >= 0.3 is 0 Å². The number of hydrogen-bond acceptors (Lipinski definition) is 4. The highest BCUT2D eigenvalue weighted by molar-refractivity contribution is 7.98. The van der Waals surface area contributed by atoms with E-state index in [9.17, 15) is 0 Å². The van der Waals surface area contributed by atoms with Crippen molar-refractivity contribution in [2.45, 2.75) is 13.0 Å². The second-order valence-corrected chi connectivity index (χ2v) is 3.20. The summed E-state index contributed by atoms with van der Waals surface area (Å²) in [5.41, 5.74) is 5.33. The molecular weight excluding hydrogens is 160 g/mol. The van der Waals surface area contributed by atoms with Crippen molar-refractivity contribution in [2.24, 2.45) is 0 Å². The highest BCUT2D eigenvalue weighted by Crippen LogP contribution is 1.98. The quantitative estimate of drug-likeness (QED) is 0.676. The first-order valence-electron chi connectivity index (χ1n) is 3.47. The van der Waals surface area contributed by atoms with E-state index in [4.69, 9.17) is 5.73 Å². The highest BCUT2D eigenvalue weighted by atomic mass is 32.2. The van der Waals surface area contributed by atoms with Crippen LogP contribution in [0.25, 0.3) is 0 Å². The van der Waals surface area contributed by atoms with Gasteiger partial charge in [-0.25, -0.2) is 4.98 Å². The highest BCUT2D eigenvalue weighted by Gasteiger charge is 1.93. The lowest BCUT2D eigenvalue weighted by Crippen LogP contribution is -2.00. The summed E-state index contributed by atoms with van der Waals surface area (Å²) in [4.78, 5) is 3.82. The first kappa shape index (κ1) is 8.39. The zero-order valence-electron chi connectivity index (χ0n) is 6.53. The van der Waals surface area contributed by atoms with Crippen LogP contribution in [-0.4, -0.2) is 26.8 Å². The first-order valence-corrected chi connectivity index (χ1v) is 4.86. The van der Waals surface area contributed by atoms with E-state index >= 15 is 0 Å². The molecule has 0 aliphatic heterocycles. The van der Waals surface area contributed by atoms with E-state index in [1.807, 2.05) is 11.8 Å². The summed E-state index contributed by atoms with van der Waals surface area (Å²) in [5, 5.41) is 3.96. The molecule has 0 bridgehead atoms. The number of nitrogens with zero attached hydrogens (tertiary/aromatic N) is 3. The third-order valence-corrected chi connectivity index (χ3v) is 1.99. The molecule has 0 aromatic carbocycles. The van der Waals surface area contributed by atoms with Crippen molar-refractivity contribution < 1.29 is 0 Å². The minimum absolute atomic E-state index is 0.356. The largest absolute Gasteiger partial charge is 0.367 e. The van der Waals surface area contributed by atoms with Gasteiger partial charge in [0.15, 0.2) is 0 Å². The second-order valence-electron chi connectivity index (χ2n) is 2.21. The fraction of sp³-hybridized carbons (Fsp3) is 0.667. The van der Waals surface area contributed by atoms with Gasteiger partial charge in [0.1, 0.15) is 6.33 Å². The van der Waals surface area contributed by atoms with Crippen molar-refractivity contribution in [3.05, 3.63) is 6.33 Å². The van der Waals surface area contributed by atoms with E-state index < -0.39 is 0 Å². The molecule has 2 N–H and O–H groups in total. The lowest BCUT2D eigenvalue weighted by molar-refractivity contribution is 0.606. The molecular formula is C6H12N4S. The summed E-state index contributed by atoms with van der Waals surface area (Å²) in [6.45, 7) is 0.908. The molecule has 1 rings (SSSR count). The van der Waals surface area contributed by atoms with Crippen LogP contribution in [0.1, 0.15) is 6.42 Å². The van der Waals surface area contributed by atoms with E-state index in [1.165, 1.54) is 0 Å². The minimum Gasteiger partial charge on any atom is -0.367 e. The van der Waals surface area contributed by atoms with Crippen molar-refractivity contribution >= 4 is 17.7 Å². The number of aromatic nitrogens is 3. The average Bonchev–Trinajstić information content (AvgIpc) is 2.37. The summed E-state index contributed by atoms with van der Waals surface area (Å²) in [5.74, 6) is 1.51. The van der Waals surface area contributed by atoms with Crippen molar-refractivity contribution in [3.63, 3.8) is 0 Å². The van der Waals surface area contributed by atoms with E-state index in [2.05, 4.69) is 16.3 Å². The molecule has 0 radical (unpaired) electrons. The Bertz CT molecular complexity index is 210. The summed E-state index contributed by atoms with van der Waals surface area (Å²) >= 11 is 1.83. The molecule has 0 saturated carbocycles. The molecule has 1 aromatic rings.